The number of benzene rings is 2. The van der Waals surface area contributed by atoms with E-state index < -0.39 is 22.8 Å². The molecule has 0 aromatic heterocycles. The molecule has 0 spiro atoms. The van der Waals surface area contributed by atoms with Crippen LogP contribution in [0.3, 0.4) is 0 Å². The van der Waals surface area contributed by atoms with E-state index in [0.717, 1.165) is 0 Å². The number of ketones is 1. The lowest BCUT2D eigenvalue weighted by Crippen LogP contribution is -2.32. The van der Waals surface area contributed by atoms with E-state index in [-0.39, 0.29) is 24.6 Å². The summed E-state index contributed by atoms with van der Waals surface area (Å²) < 4.78 is 5.27. The third kappa shape index (κ3) is 5.46. The van der Waals surface area contributed by atoms with Crippen LogP contribution in [0.25, 0.3) is 0 Å². The van der Waals surface area contributed by atoms with E-state index in [1.54, 1.807) is 37.3 Å². The predicted molar refractivity (Wildman–Crippen MR) is 96.0 cm³/mol. The number of non-ortho nitro benzene ring substituents is 1. The van der Waals surface area contributed by atoms with Crippen molar-refractivity contribution >= 4 is 23.3 Å². The van der Waals surface area contributed by atoms with Crippen LogP contribution in [0.15, 0.2) is 54.6 Å². The summed E-state index contributed by atoms with van der Waals surface area (Å²) in [4.78, 5) is 46.4. The number of hydrogen-bond donors (Lipinski definition) is 1. The first-order chi connectivity index (χ1) is 12.9. The Balaban J connectivity index is 2.25. The smallest absolute Gasteiger partial charge is 0.326 e. The fraction of sp³-hybridized carbons (Fsp3) is 0.211. The van der Waals surface area contributed by atoms with Crippen molar-refractivity contribution in [1.82, 2.24) is 5.32 Å². The number of ether oxygens (including phenoxy) is 1. The highest BCUT2D eigenvalue weighted by atomic mass is 16.6. The molecule has 2 rings (SSSR count). The minimum atomic E-state index is -1.28. The van der Waals surface area contributed by atoms with Crippen LogP contribution >= 0.6 is 0 Å². The summed E-state index contributed by atoms with van der Waals surface area (Å²) in [5.74, 6) is -1.59. The molecule has 2 aromatic carbocycles. The first-order valence-electron chi connectivity index (χ1n) is 8.22. The highest BCUT2D eigenvalue weighted by Gasteiger charge is 2.26. The van der Waals surface area contributed by atoms with Crippen molar-refractivity contribution in [2.24, 2.45) is 0 Å². The molecule has 0 bridgehead atoms. The van der Waals surface area contributed by atoms with Crippen molar-refractivity contribution in [2.75, 3.05) is 6.54 Å². The number of nitro groups is 1. The molecule has 1 atom stereocenters. The minimum Gasteiger partial charge on any atom is -0.448 e. The van der Waals surface area contributed by atoms with Crippen LogP contribution in [0.4, 0.5) is 5.69 Å². The lowest BCUT2D eigenvalue weighted by atomic mass is 9.99. The number of carbonyl (C=O) groups excluding carboxylic acids is 3. The molecule has 27 heavy (non-hydrogen) atoms. The molecule has 0 fully saturated rings. The molecule has 0 radical (unpaired) electrons. The quantitative estimate of drug-likeness (QED) is 0.330. The van der Waals surface area contributed by atoms with E-state index in [0.29, 0.717) is 11.1 Å². The van der Waals surface area contributed by atoms with Gasteiger partial charge in [0.2, 0.25) is 11.7 Å². The Labute approximate surface area is 155 Å². The van der Waals surface area contributed by atoms with E-state index in [9.17, 15) is 24.5 Å². The molecule has 1 N–H and O–H groups in total. The zero-order valence-electron chi connectivity index (χ0n) is 14.6. The molecule has 0 saturated heterocycles. The molecule has 1 amide bonds. The van der Waals surface area contributed by atoms with Gasteiger partial charge in [0.15, 0.2) is 6.10 Å². The Morgan fingerprint density at radius 3 is 2.26 bits per heavy atom. The normalized spacial score (nSPS) is 11.3. The summed E-state index contributed by atoms with van der Waals surface area (Å²) in [6.07, 6.45) is -1.07. The van der Waals surface area contributed by atoms with Gasteiger partial charge in [0, 0.05) is 29.7 Å². The number of nitrogens with one attached hydrogen (secondary N) is 1. The maximum absolute atomic E-state index is 12.8. The van der Waals surface area contributed by atoms with Crippen molar-refractivity contribution in [2.45, 2.75) is 19.4 Å². The van der Waals surface area contributed by atoms with Crippen LogP contribution in [-0.4, -0.2) is 29.1 Å². The van der Waals surface area contributed by atoms with Crippen molar-refractivity contribution in [3.8, 4) is 0 Å². The average molecular weight is 370 g/mol. The zero-order valence-corrected chi connectivity index (χ0v) is 14.6. The van der Waals surface area contributed by atoms with Crippen LogP contribution in [0.5, 0.6) is 0 Å². The number of hydrogen-bond acceptors (Lipinski definition) is 6. The van der Waals surface area contributed by atoms with Gasteiger partial charge >= 0.3 is 5.97 Å². The van der Waals surface area contributed by atoms with Gasteiger partial charge < -0.3 is 10.1 Å². The maximum Gasteiger partial charge on any atom is 0.326 e. The highest BCUT2D eigenvalue weighted by molar-refractivity contribution is 6.01. The number of esters is 1. The Kier molecular flexibility index (Phi) is 6.76. The van der Waals surface area contributed by atoms with Gasteiger partial charge in [-0.2, -0.15) is 0 Å². The van der Waals surface area contributed by atoms with Gasteiger partial charge in [-0.05, 0) is 12.1 Å². The average Bonchev–Trinajstić information content (AvgIpc) is 2.70. The Bertz CT molecular complexity index is 833. The fourth-order valence-electron chi connectivity index (χ4n) is 2.27. The number of nitro benzene ring substituents is 1. The third-order valence-corrected chi connectivity index (χ3v) is 3.70. The summed E-state index contributed by atoms with van der Waals surface area (Å²) in [7, 11) is 0. The largest absolute Gasteiger partial charge is 0.448 e. The van der Waals surface area contributed by atoms with Gasteiger partial charge in [0.1, 0.15) is 6.54 Å². The van der Waals surface area contributed by atoms with E-state index in [1.807, 2.05) is 0 Å². The Hall–Kier alpha value is -3.55. The predicted octanol–water partition coefficient (Wildman–Crippen LogP) is 2.59. The summed E-state index contributed by atoms with van der Waals surface area (Å²) >= 11 is 0. The number of carbonyl (C=O) groups is 3. The standard InChI is InChI=1S/C19H18N2O6/c1-2-16(22)20-12-17(23)27-19(18(24)13-6-4-3-5-7-13)14-8-10-15(11-9-14)21(25)26/h3-11,19H,2,12H2,1H3,(H,20,22). The molecule has 0 saturated carbocycles. The summed E-state index contributed by atoms with van der Waals surface area (Å²) in [6.45, 7) is 1.26. The lowest BCUT2D eigenvalue weighted by Gasteiger charge is -2.17. The molecule has 0 heterocycles. The lowest BCUT2D eigenvalue weighted by molar-refractivity contribution is -0.384. The zero-order chi connectivity index (χ0) is 19.8. The molecule has 2 aromatic rings. The molecule has 8 nitrogen and oxygen atoms in total. The van der Waals surface area contributed by atoms with Gasteiger partial charge in [-0.3, -0.25) is 24.5 Å². The SMILES string of the molecule is CCC(=O)NCC(=O)OC(C(=O)c1ccccc1)c1ccc([N+](=O)[O-])cc1. The summed E-state index contributed by atoms with van der Waals surface area (Å²) in [5, 5.41) is 13.2. The third-order valence-electron chi connectivity index (χ3n) is 3.70. The fourth-order valence-corrected chi connectivity index (χ4v) is 2.27. The highest BCUT2D eigenvalue weighted by Crippen LogP contribution is 2.25. The van der Waals surface area contributed by atoms with Crippen LogP contribution < -0.4 is 5.32 Å². The van der Waals surface area contributed by atoms with Crippen LogP contribution in [-0.2, 0) is 14.3 Å². The molecule has 1 unspecified atom stereocenters. The van der Waals surface area contributed by atoms with Gasteiger partial charge in [-0.25, -0.2) is 0 Å². The van der Waals surface area contributed by atoms with Gasteiger partial charge in [0.05, 0.1) is 4.92 Å². The van der Waals surface area contributed by atoms with Crippen LogP contribution in [0.2, 0.25) is 0 Å². The molecular weight excluding hydrogens is 352 g/mol. The van der Waals surface area contributed by atoms with E-state index in [2.05, 4.69) is 5.32 Å². The van der Waals surface area contributed by atoms with Gasteiger partial charge in [-0.15, -0.1) is 0 Å². The van der Waals surface area contributed by atoms with Gasteiger partial charge in [-0.1, -0.05) is 37.3 Å². The van der Waals surface area contributed by atoms with Crippen LogP contribution in [0, 0.1) is 10.1 Å². The second-order valence-corrected chi connectivity index (χ2v) is 5.58. The Morgan fingerprint density at radius 2 is 1.70 bits per heavy atom. The maximum atomic E-state index is 12.8. The first-order valence-corrected chi connectivity index (χ1v) is 8.22. The molecular formula is C19H18N2O6. The number of Topliss-reactive ketones (excluding diaryl/α,β-unsaturated/α-hetero) is 1. The number of rotatable bonds is 8. The monoisotopic (exact) mass is 370 g/mol. The number of nitrogens with zero attached hydrogens (tertiary/aromatic N) is 1. The van der Waals surface area contributed by atoms with E-state index in [1.165, 1.54) is 24.3 Å². The molecule has 0 aliphatic rings. The van der Waals surface area contributed by atoms with Crippen molar-refractivity contribution in [3.63, 3.8) is 0 Å². The van der Waals surface area contributed by atoms with E-state index in [4.69, 9.17) is 4.74 Å². The molecule has 140 valence electrons. The molecule has 0 aliphatic carbocycles. The Morgan fingerprint density at radius 1 is 1.07 bits per heavy atom. The molecule has 8 heteroatoms. The second kappa shape index (κ2) is 9.23. The molecule has 0 aliphatic heterocycles. The van der Waals surface area contributed by atoms with Crippen LogP contribution in [0.1, 0.15) is 35.4 Å². The summed E-state index contributed by atoms with van der Waals surface area (Å²) in [6, 6.07) is 13.4. The topological polar surface area (TPSA) is 116 Å². The van der Waals surface area contributed by atoms with Crippen molar-refractivity contribution in [3.05, 3.63) is 75.8 Å². The van der Waals surface area contributed by atoms with E-state index >= 15 is 0 Å². The van der Waals surface area contributed by atoms with Crippen molar-refractivity contribution < 1.29 is 24.0 Å². The van der Waals surface area contributed by atoms with Gasteiger partial charge in [0.25, 0.3) is 5.69 Å². The van der Waals surface area contributed by atoms with Crippen molar-refractivity contribution in [1.29, 1.82) is 0 Å². The summed E-state index contributed by atoms with van der Waals surface area (Å²) in [5.41, 5.74) is 0.474. The minimum absolute atomic E-state index is 0.147. The number of amides is 1. The second-order valence-electron chi connectivity index (χ2n) is 5.58. The first kappa shape index (κ1) is 19.8.